The lowest BCUT2D eigenvalue weighted by atomic mass is 9.68. The number of nitro groups is 1. The molecule has 1 amide bonds. The minimum atomic E-state index is -0.528. The molecule has 1 aromatic rings. The molecule has 3 rings (SSSR count). The van der Waals surface area contributed by atoms with Gasteiger partial charge in [-0.2, -0.15) is 5.10 Å². The van der Waals surface area contributed by atoms with Crippen LogP contribution in [0.3, 0.4) is 0 Å². The van der Waals surface area contributed by atoms with Crippen LogP contribution in [0.1, 0.15) is 44.1 Å². The average Bonchev–Trinajstić information content (AvgIpc) is 2.98. The van der Waals surface area contributed by atoms with E-state index in [9.17, 15) is 14.9 Å². The minimum absolute atomic E-state index is 0.0394. The highest BCUT2D eigenvalue weighted by Crippen LogP contribution is 2.37. The molecule has 1 atom stereocenters. The fraction of sp³-hybridized carbons (Fsp3) is 0.750. The number of amides is 1. The van der Waals surface area contributed by atoms with Crippen LogP contribution in [-0.4, -0.2) is 51.2 Å². The van der Waals surface area contributed by atoms with Crippen molar-refractivity contribution in [3.63, 3.8) is 0 Å². The van der Waals surface area contributed by atoms with Crippen molar-refractivity contribution in [1.82, 2.24) is 20.0 Å². The molecule has 3 heterocycles. The number of rotatable bonds is 4. The number of hydrogen-bond donors (Lipinski definition) is 1. The molecule has 0 radical (unpaired) electrons. The third kappa shape index (κ3) is 2.90. The molecule has 24 heavy (non-hydrogen) atoms. The molecular formula is C16H25N5O3. The molecule has 0 aliphatic carbocycles. The lowest BCUT2D eigenvalue weighted by Crippen LogP contribution is -2.63. The molecule has 2 aliphatic heterocycles. The number of aryl methyl sites for hydroxylation is 1. The van der Waals surface area contributed by atoms with Crippen molar-refractivity contribution in [2.45, 2.75) is 46.2 Å². The van der Waals surface area contributed by atoms with E-state index < -0.39 is 4.92 Å². The van der Waals surface area contributed by atoms with E-state index >= 15 is 0 Å². The standard InChI is InChI=1S/C16H25N5O3/c1-4-20-9-12(21(23)24)13(18-20)15(22)19-7-5-11(6-8-19)14-16(2,3)10-17-14/h9,11,14,17H,4-8,10H2,1-3H3. The van der Waals surface area contributed by atoms with Crippen molar-refractivity contribution in [2.75, 3.05) is 19.6 Å². The number of piperidine rings is 1. The Balaban J connectivity index is 1.67. The van der Waals surface area contributed by atoms with Gasteiger partial charge in [0.15, 0.2) is 0 Å². The van der Waals surface area contributed by atoms with Crippen LogP contribution in [0.15, 0.2) is 6.20 Å². The number of aromatic nitrogens is 2. The third-order valence-electron chi connectivity index (χ3n) is 5.38. The van der Waals surface area contributed by atoms with Gasteiger partial charge in [-0.15, -0.1) is 0 Å². The van der Waals surface area contributed by atoms with Crippen molar-refractivity contribution in [2.24, 2.45) is 11.3 Å². The molecular weight excluding hydrogens is 310 g/mol. The summed E-state index contributed by atoms with van der Waals surface area (Å²) in [6, 6.07) is 0.503. The monoisotopic (exact) mass is 335 g/mol. The second-order valence-electron chi connectivity index (χ2n) is 7.45. The largest absolute Gasteiger partial charge is 0.337 e. The van der Waals surface area contributed by atoms with Gasteiger partial charge >= 0.3 is 5.69 Å². The fourth-order valence-corrected chi connectivity index (χ4v) is 3.88. The van der Waals surface area contributed by atoms with Gasteiger partial charge in [-0.1, -0.05) is 13.8 Å². The number of carbonyl (C=O) groups excluding carboxylic acids is 1. The van der Waals surface area contributed by atoms with Crippen molar-refractivity contribution in [3.05, 3.63) is 22.0 Å². The molecule has 0 aromatic carbocycles. The van der Waals surface area contributed by atoms with Crippen molar-refractivity contribution >= 4 is 11.6 Å². The van der Waals surface area contributed by atoms with Gasteiger partial charge in [-0.05, 0) is 31.1 Å². The molecule has 0 spiro atoms. The zero-order valence-corrected chi connectivity index (χ0v) is 14.5. The lowest BCUT2D eigenvalue weighted by Gasteiger charge is -2.51. The molecule has 0 saturated carbocycles. The number of carbonyl (C=O) groups is 1. The van der Waals surface area contributed by atoms with Gasteiger partial charge in [-0.3, -0.25) is 19.6 Å². The van der Waals surface area contributed by atoms with Crippen LogP contribution in [-0.2, 0) is 6.54 Å². The molecule has 8 nitrogen and oxygen atoms in total. The maximum absolute atomic E-state index is 12.7. The molecule has 2 fully saturated rings. The Morgan fingerprint density at radius 2 is 2.12 bits per heavy atom. The van der Waals surface area contributed by atoms with Gasteiger partial charge in [-0.25, -0.2) is 0 Å². The summed E-state index contributed by atoms with van der Waals surface area (Å²) in [4.78, 5) is 25.0. The molecule has 1 aromatic heterocycles. The molecule has 1 unspecified atom stereocenters. The summed E-state index contributed by atoms with van der Waals surface area (Å²) in [5.41, 5.74) is 0.0726. The maximum Gasteiger partial charge on any atom is 0.320 e. The average molecular weight is 335 g/mol. The van der Waals surface area contributed by atoms with E-state index in [1.54, 1.807) is 4.90 Å². The topological polar surface area (TPSA) is 93.3 Å². The smallest absolute Gasteiger partial charge is 0.320 e. The van der Waals surface area contributed by atoms with Crippen LogP contribution >= 0.6 is 0 Å². The first kappa shape index (κ1) is 16.9. The first-order chi connectivity index (χ1) is 11.3. The van der Waals surface area contributed by atoms with E-state index in [0.29, 0.717) is 37.0 Å². The van der Waals surface area contributed by atoms with E-state index in [2.05, 4.69) is 24.3 Å². The van der Waals surface area contributed by atoms with Crippen LogP contribution in [0.25, 0.3) is 0 Å². The summed E-state index contributed by atoms with van der Waals surface area (Å²) in [5, 5.41) is 18.8. The Morgan fingerprint density at radius 3 is 2.58 bits per heavy atom. The predicted octanol–water partition coefficient (Wildman–Crippen LogP) is 1.66. The van der Waals surface area contributed by atoms with Gasteiger partial charge in [0.05, 0.1) is 4.92 Å². The van der Waals surface area contributed by atoms with Crippen molar-refractivity contribution < 1.29 is 9.72 Å². The Bertz CT molecular complexity index is 646. The van der Waals surface area contributed by atoms with Crippen molar-refractivity contribution in [3.8, 4) is 0 Å². The van der Waals surface area contributed by atoms with Crippen LogP contribution in [0.4, 0.5) is 5.69 Å². The normalized spacial score (nSPS) is 23.8. The van der Waals surface area contributed by atoms with E-state index in [1.165, 1.54) is 10.9 Å². The second-order valence-corrected chi connectivity index (χ2v) is 7.45. The Kier molecular flexibility index (Phi) is 4.33. The fourth-order valence-electron chi connectivity index (χ4n) is 3.88. The van der Waals surface area contributed by atoms with Crippen LogP contribution in [0, 0.1) is 21.4 Å². The first-order valence-corrected chi connectivity index (χ1v) is 8.58. The molecule has 132 valence electrons. The minimum Gasteiger partial charge on any atom is -0.337 e. The van der Waals surface area contributed by atoms with Crippen molar-refractivity contribution in [1.29, 1.82) is 0 Å². The summed E-state index contributed by atoms with van der Waals surface area (Å²) < 4.78 is 1.44. The van der Waals surface area contributed by atoms with Crippen LogP contribution in [0.2, 0.25) is 0 Å². The van der Waals surface area contributed by atoms with E-state index in [4.69, 9.17) is 0 Å². The van der Waals surface area contributed by atoms with Gasteiger partial charge in [0.25, 0.3) is 5.91 Å². The Labute approximate surface area is 141 Å². The summed E-state index contributed by atoms with van der Waals surface area (Å²) >= 11 is 0. The first-order valence-electron chi connectivity index (χ1n) is 8.58. The number of hydrogen-bond acceptors (Lipinski definition) is 5. The number of nitrogens with zero attached hydrogens (tertiary/aromatic N) is 4. The quantitative estimate of drug-likeness (QED) is 0.667. The number of likely N-dealkylation sites (tertiary alicyclic amines) is 1. The summed E-state index contributed by atoms with van der Waals surface area (Å²) in [7, 11) is 0. The van der Waals surface area contributed by atoms with Gasteiger partial charge < -0.3 is 10.2 Å². The SMILES string of the molecule is CCn1cc([N+](=O)[O-])c(C(=O)N2CCC(C3NCC3(C)C)CC2)n1. The summed E-state index contributed by atoms with van der Waals surface area (Å²) in [6.45, 7) is 9.18. The van der Waals surface area contributed by atoms with Gasteiger partial charge in [0.2, 0.25) is 5.69 Å². The number of nitrogens with one attached hydrogen (secondary N) is 1. The van der Waals surface area contributed by atoms with Gasteiger partial charge in [0, 0.05) is 32.2 Å². The molecule has 1 N–H and O–H groups in total. The maximum atomic E-state index is 12.7. The molecule has 0 bridgehead atoms. The van der Waals surface area contributed by atoms with E-state index in [1.807, 2.05) is 6.92 Å². The predicted molar refractivity (Wildman–Crippen MR) is 88.8 cm³/mol. The third-order valence-corrected chi connectivity index (χ3v) is 5.38. The molecule has 8 heteroatoms. The highest BCUT2D eigenvalue weighted by molar-refractivity contribution is 5.96. The van der Waals surface area contributed by atoms with E-state index in [-0.39, 0.29) is 17.3 Å². The van der Waals surface area contributed by atoms with E-state index in [0.717, 1.165) is 19.4 Å². The molecule has 2 saturated heterocycles. The van der Waals surface area contributed by atoms with Crippen LogP contribution < -0.4 is 5.32 Å². The zero-order chi connectivity index (χ0) is 17.5. The zero-order valence-electron chi connectivity index (χ0n) is 14.5. The second kappa shape index (κ2) is 6.16. The Morgan fingerprint density at radius 1 is 1.46 bits per heavy atom. The summed E-state index contributed by atoms with van der Waals surface area (Å²) in [6.07, 6.45) is 3.19. The lowest BCUT2D eigenvalue weighted by molar-refractivity contribution is -0.385. The molecule has 2 aliphatic rings. The summed E-state index contributed by atoms with van der Waals surface area (Å²) in [5.74, 6) is 0.231. The van der Waals surface area contributed by atoms with Gasteiger partial charge in [0.1, 0.15) is 6.20 Å². The Hall–Kier alpha value is -1.96. The highest BCUT2D eigenvalue weighted by atomic mass is 16.6. The highest BCUT2D eigenvalue weighted by Gasteiger charge is 2.44. The van der Waals surface area contributed by atoms with Crippen LogP contribution in [0.5, 0.6) is 0 Å².